The summed E-state index contributed by atoms with van der Waals surface area (Å²) >= 11 is 0. The highest BCUT2D eigenvalue weighted by Crippen LogP contribution is 2.48. The Bertz CT molecular complexity index is 345. The molecule has 0 radical (unpaired) electrons. The van der Waals surface area contributed by atoms with Gasteiger partial charge in [0, 0.05) is 17.2 Å². The van der Waals surface area contributed by atoms with Gasteiger partial charge in [-0.05, 0) is 32.0 Å². The highest BCUT2D eigenvalue weighted by molar-refractivity contribution is 5.46. The summed E-state index contributed by atoms with van der Waals surface area (Å²) in [5.74, 6) is 1.01. The van der Waals surface area contributed by atoms with Crippen LogP contribution in [0.4, 0.5) is 0 Å². The molecule has 1 aliphatic rings. The lowest BCUT2D eigenvalue weighted by molar-refractivity contribution is 0.403. The van der Waals surface area contributed by atoms with Crippen molar-refractivity contribution in [3.05, 3.63) is 23.8 Å². The maximum atomic E-state index is 9.81. The van der Waals surface area contributed by atoms with Gasteiger partial charge in [-0.1, -0.05) is 0 Å². The predicted octanol–water partition coefficient (Wildman–Crippen LogP) is 1.61. The molecule has 14 heavy (non-hydrogen) atoms. The van der Waals surface area contributed by atoms with Crippen LogP contribution in [-0.2, 0) is 5.54 Å². The monoisotopic (exact) mass is 193 g/mol. The van der Waals surface area contributed by atoms with E-state index in [-0.39, 0.29) is 5.54 Å². The van der Waals surface area contributed by atoms with Crippen LogP contribution >= 0.6 is 0 Å². The van der Waals surface area contributed by atoms with Gasteiger partial charge in [0.25, 0.3) is 0 Å². The second-order valence-electron chi connectivity index (χ2n) is 3.72. The average molecular weight is 193 g/mol. The largest absolute Gasteiger partial charge is 0.507 e. The Labute approximate surface area is 83.7 Å². The van der Waals surface area contributed by atoms with Crippen LogP contribution in [-0.4, -0.2) is 19.3 Å². The van der Waals surface area contributed by atoms with E-state index >= 15 is 0 Å². The Morgan fingerprint density at radius 2 is 2.14 bits per heavy atom. The maximum absolute atomic E-state index is 9.81. The van der Waals surface area contributed by atoms with Crippen molar-refractivity contribution in [3.8, 4) is 11.5 Å². The van der Waals surface area contributed by atoms with Gasteiger partial charge in [0.2, 0.25) is 0 Å². The van der Waals surface area contributed by atoms with Crippen molar-refractivity contribution < 1.29 is 9.84 Å². The predicted molar refractivity (Wildman–Crippen MR) is 54.6 cm³/mol. The molecule has 3 nitrogen and oxygen atoms in total. The minimum Gasteiger partial charge on any atom is -0.507 e. The normalized spacial score (nSPS) is 17.9. The van der Waals surface area contributed by atoms with E-state index in [0.717, 1.165) is 18.4 Å². The molecule has 1 aromatic rings. The van der Waals surface area contributed by atoms with Crippen LogP contribution in [0.2, 0.25) is 0 Å². The van der Waals surface area contributed by atoms with Crippen LogP contribution in [0, 0.1) is 0 Å². The van der Waals surface area contributed by atoms with Crippen molar-refractivity contribution in [2.24, 2.45) is 0 Å². The van der Waals surface area contributed by atoms with Crippen LogP contribution in [0.25, 0.3) is 0 Å². The van der Waals surface area contributed by atoms with Crippen molar-refractivity contribution in [1.82, 2.24) is 5.32 Å². The van der Waals surface area contributed by atoms with Gasteiger partial charge in [-0.25, -0.2) is 0 Å². The van der Waals surface area contributed by atoms with Gasteiger partial charge in [-0.3, -0.25) is 0 Å². The lowest BCUT2D eigenvalue weighted by Crippen LogP contribution is -2.24. The molecule has 0 aliphatic heterocycles. The smallest absolute Gasteiger partial charge is 0.124 e. The summed E-state index contributed by atoms with van der Waals surface area (Å²) in [5, 5.41) is 13.1. The SMILES string of the molecule is CNC1(c2ccc(OC)cc2O)CC1. The Kier molecular flexibility index (Phi) is 2.11. The molecule has 2 rings (SSSR count). The number of ether oxygens (including phenoxy) is 1. The summed E-state index contributed by atoms with van der Waals surface area (Å²) in [6.07, 6.45) is 2.17. The molecular formula is C11H15NO2. The number of phenols is 1. The minimum absolute atomic E-state index is 0.0103. The van der Waals surface area contributed by atoms with Gasteiger partial charge >= 0.3 is 0 Å². The third-order valence-corrected chi connectivity index (χ3v) is 2.95. The van der Waals surface area contributed by atoms with Crippen LogP contribution in [0.3, 0.4) is 0 Å². The Morgan fingerprint density at radius 3 is 2.57 bits per heavy atom. The Hall–Kier alpha value is -1.22. The molecule has 0 atom stereocenters. The minimum atomic E-state index is 0.0103. The lowest BCUT2D eigenvalue weighted by atomic mass is 10.0. The first-order valence-corrected chi connectivity index (χ1v) is 4.78. The van der Waals surface area contributed by atoms with Gasteiger partial charge in [-0.15, -0.1) is 0 Å². The van der Waals surface area contributed by atoms with E-state index in [1.807, 2.05) is 19.2 Å². The molecule has 0 saturated heterocycles. The van der Waals surface area contributed by atoms with Crippen LogP contribution in [0.15, 0.2) is 18.2 Å². The molecule has 0 spiro atoms. The van der Waals surface area contributed by atoms with Crippen LogP contribution in [0.1, 0.15) is 18.4 Å². The summed E-state index contributed by atoms with van der Waals surface area (Å²) in [6.45, 7) is 0. The molecule has 0 aromatic heterocycles. The number of nitrogens with one attached hydrogen (secondary N) is 1. The van der Waals surface area contributed by atoms with Crippen molar-refractivity contribution in [3.63, 3.8) is 0 Å². The second kappa shape index (κ2) is 3.17. The number of aromatic hydroxyl groups is 1. The molecule has 0 unspecified atom stereocenters. The highest BCUT2D eigenvalue weighted by Gasteiger charge is 2.44. The van der Waals surface area contributed by atoms with E-state index in [1.54, 1.807) is 13.2 Å². The molecule has 0 amide bonds. The number of rotatable bonds is 3. The zero-order valence-electron chi connectivity index (χ0n) is 8.50. The van der Waals surface area contributed by atoms with Gasteiger partial charge in [-0.2, -0.15) is 0 Å². The fourth-order valence-electron chi connectivity index (χ4n) is 1.82. The molecular weight excluding hydrogens is 178 g/mol. The first-order valence-electron chi connectivity index (χ1n) is 4.78. The summed E-state index contributed by atoms with van der Waals surface area (Å²) in [5.41, 5.74) is 0.983. The summed E-state index contributed by atoms with van der Waals surface area (Å²) in [4.78, 5) is 0. The van der Waals surface area contributed by atoms with E-state index in [9.17, 15) is 5.11 Å². The number of phenolic OH excluding ortho intramolecular Hbond substituents is 1. The van der Waals surface area contributed by atoms with Crippen molar-refractivity contribution >= 4 is 0 Å². The van der Waals surface area contributed by atoms with E-state index in [2.05, 4.69) is 5.32 Å². The molecule has 3 heteroatoms. The number of hydrogen-bond donors (Lipinski definition) is 2. The van der Waals surface area contributed by atoms with Gasteiger partial charge in [0.15, 0.2) is 0 Å². The molecule has 2 N–H and O–H groups in total. The molecule has 1 aromatic carbocycles. The van der Waals surface area contributed by atoms with Crippen molar-refractivity contribution in [2.45, 2.75) is 18.4 Å². The average Bonchev–Trinajstić information content (AvgIpc) is 2.98. The van der Waals surface area contributed by atoms with Crippen molar-refractivity contribution in [2.75, 3.05) is 14.2 Å². The van der Waals surface area contributed by atoms with E-state index in [0.29, 0.717) is 11.5 Å². The van der Waals surface area contributed by atoms with Gasteiger partial charge < -0.3 is 15.2 Å². The third kappa shape index (κ3) is 1.34. The van der Waals surface area contributed by atoms with Crippen LogP contribution in [0.5, 0.6) is 11.5 Å². The summed E-state index contributed by atoms with van der Waals surface area (Å²) in [6, 6.07) is 5.47. The molecule has 1 saturated carbocycles. The fraction of sp³-hybridized carbons (Fsp3) is 0.455. The van der Waals surface area contributed by atoms with E-state index in [4.69, 9.17) is 4.74 Å². The summed E-state index contributed by atoms with van der Waals surface area (Å²) < 4.78 is 5.04. The molecule has 0 heterocycles. The fourth-order valence-corrected chi connectivity index (χ4v) is 1.82. The molecule has 76 valence electrons. The highest BCUT2D eigenvalue weighted by atomic mass is 16.5. The number of hydrogen-bond acceptors (Lipinski definition) is 3. The number of methoxy groups -OCH3 is 1. The Balaban J connectivity index is 2.36. The first kappa shape index (κ1) is 9.34. The van der Waals surface area contributed by atoms with Crippen molar-refractivity contribution in [1.29, 1.82) is 0 Å². The standard InChI is InChI=1S/C11H15NO2/c1-12-11(5-6-11)9-4-3-8(14-2)7-10(9)13/h3-4,7,12-13H,5-6H2,1-2H3. The van der Waals surface area contributed by atoms with Crippen LogP contribution < -0.4 is 10.1 Å². The zero-order valence-corrected chi connectivity index (χ0v) is 8.50. The van der Waals surface area contributed by atoms with E-state index < -0.39 is 0 Å². The second-order valence-corrected chi connectivity index (χ2v) is 3.72. The maximum Gasteiger partial charge on any atom is 0.124 e. The molecule has 1 aliphatic carbocycles. The quantitative estimate of drug-likeness (QED) is 0.766. The topological polar surface area (TPSA) is 41.5 Å². The molecule has 0 bridgehead atoms. The third-order valence-electron chi connectivity index (χ3n) is 2.95. The Morgan fingerprint density at radius 1 is 1.43 bits per heavy atom. The van der Waals surface area contributed by atoms with E-state index in [1.165, 1.54) is 0 Å². The zero-order chi connectivity index (χ0) is 10.2. The van der Waals surface area contributed by atoms with Gasteiger partial charge in [0.1, 0.15) is 11.5 Å². The first-order chi connectivity index (χ1) is 6.72. The molecule has 1 fully saturated rings. The number of benzene rings is 1. The summed E-state index contributed by atoms with van der Waals surface area (Å²) in [7, 11) is 3.52. The van der Waals surface area contributed by atoms with Gasteiger partial charge in [0.05, 0.1) is 7.11 Å². The lowest BCUT2D eigenvalue weighted by Gasteiger charge is -2.16.